The normalized spacial score (nSPS) is 15.5. The van der Waals surface area contributed by atoms with E-state index in [9.17, 15) is 14.4 Å². The SMILES string of the molecule is CCCCNC(=O)CCC1C(=O)N=C2c3ccccc3N=C(SCC(=O)NCCc3ccc(OC)c(OC)c3)N21. The fraction of sp³-hybridized carbons (Fsp3) is 0.414. The minimum Gasteiger partial charge on any atom is -0.493 e. The molecule has 212 valence electrons. The lowest BCUT2D eigenvalue weighted by Gasteiger charge is -2.31. The Hall–Kier alpha value is -3.86. The summed E-state index contributed by atoms with van der Waals surface area (Å²) < 4.78 is 10.6. The second-order valence-corrected chi connectivity index (χ2v) is 10.3. The van der Waals surface area contributed by atoms with Gasteiger partial charge >= 0.3 is 0 Å². The van der Waals surface area contributed by atoms with Gasteiger partial charge in [-0.2, -0.15) is 4.99 Å². The second-order valence-electron chi connectivity index (χ2n) is 9.39. The molecule has 0 bridgehead atoms. The number of amidine groups is 2. The Morgan fingerprint density at radius 3 is 2.55 bits per heavy atom. The van der Waals surface area contributed by atoms with Crippen LogP contribution in [-0.2, 0) is 20.8 Å². The van der Waals surface area contributed by atoms with Crippen molar-refractivity contribution in [3.05, 3.63) is 53.6 Å². The molecule has 4 rings (SSSR count). The molecule has 11 heteroatoms. The predicted molar refractivity (Wildman–Crippen MR) is 157 cm³/mol. The third-order valence-electron chi connectivity index (χ3n) is 6.62. The summed E-state index contributed by atoms with van der Waals surface area (Å²) in [5, 5.41) is 6.36. The molecule has 1 unspecified atom stereocenters. The maximum absolute atomic E-state index is 12.9. The van der Waals surface area contributed by atoms with Crippen LogP contribution in [0.5, 0.6) is 11.5 Å². The molecule has 2 N–H and O–H groups in total. The summed E-state index contributed by atoms with van der Waals surface area (Å²) in [5.41, 5.74) is 2.46. The van der Waals surface area contributed by atoms with Crippen molar-refractivity contribution in [3.8, 4) is 11.5 Å². The average molecular weight is 566 g/mol. The lowest BCUT2D eigenvalue weighted by molar-refractivity contribution is -0.122. The largest absolute Gasteiger partial charge is 0.493 e. The van der Waals surface area contributed by atoms with Gasteiger partial charge < -0.3 is 20.1 Å². The molecule has 0 saturated carbocycles. The summed E-state index contributed by atoms with van der Waals surface area (Å²) in [6.45, 7) is 3.14. The Morgan fingerprint density at radius 1 is 1.00 bits per heavy atom. The molecule has 40 heavy (non-hydrogen) atoms. The van der Waals surface area contributed by atoms with E-state index in [1.807, 2.05) is 42.5 Å². The van der Waals surface area contributed by atoms with Crippen LogP contribution in [0.2, 0.25) is 0 Å². The van der Waals surface area contributed by atoms with Crippen LogP contribution in [0.15, 0.2) is 52.4 Å². The first-order valence-electron chi connectivity index (χ1n) is 13.4. The van der Waals surface area contributed by atoms with Gasteiger partial charge in [-0.25, -0.2) is 4.99 Å². The summed E-state index contributed by atoms with van der Waals surface area (Å²) in [4.78, 5) is 48.9. The minimum absolute atomic E-state index is 0.0906. The van der Waals surface area contributed by atoms with Gasteiger partial charge in [0.05, 0.1) is 25.7 Å². The number of benzene rings is 2. The number of thioether (sulfide) groups is 1. The Bertz CT molecular complexity index is 1310. The van der Waals surface area contributed by atoms with E-state index in [2.05, 4.69) is 22.5 Å². The van der Waals surface area contributed by atoms with E-state index in [-0.39, 0.29) is 29.9 Å². The molecule has 2 heterocycles. The molecule has 2 aliphatic heterocycles. The zero-order chi connectivity index (χ0) is 28.5. The third kappa shape index (κ3) is 7.01. The third-order valence-corrected chi connectivity index (χ3v) is 7.57. The Labute approximate surface area is 238 Å². The van der Waals surface area contributed by atoms with Gasteiger partial charge in [0.25, 0.3) is 5.91 Å². The van der Waals surface area contributed by atoms with E-state index in [0.29, 0.717) is 54.1 Å². The van der Waals surface area contributed by atoms with Gasteiger partial charge in [0, 0.05) is 25.1 Å². The number of aliphatic imine (C=N–C) groups is 2. The highest BCUT2D eigenvalue weighted by atomic mass is 32.2. The monoisotopic (exact) mass is 565 g/mol. The van der Waals surface area contributed by atoms with E-state index in [1.165, 1.54) is 11.8 Å². The van der Waals surface area contributed by atoms with Gasteiger partial charge in [-0.15, -0.1) is 0 Å². The van der Waals surface area contributed by atoms with Gasteiger partial charge in [0.1, 0.15) is 11.9 Å². The number of fused-ring (bicyclic) bond motifs is 3. The molecule has 0 aliphatic carbocycles. The molecule has 0 fully saturated rings. The fourth-order valence-corrected chi connectivity index (χ4v) is 5.38. The Kier molecular flexibility index (Phi) is 10.2. The van der Waals surface area contributed by atoms with Gasteiger partial charge in [0.2, 0.25) is 11.8 Å². The quantitative estimate of drug-likeness (QED) is 0.357. The summed E-state index contributed by atoms with van der Waals surface area (Å²) >= 11 is 1.25. The average Bonchev–Trinajstić information content (AvgIpc) is 3.30. The highest BCUT2D eigenvalue weighted by Gasteiger charge is 2.41. The van der Waals surface area contributed by atoms with Crippen molar-refractivity contribution in [3.63, 3.8) is 0 Å². The van der Waals surface area contributed by atoms with Crippen molar-refractivity contribution >= 4 is 46.2 Å². The van der Waals surface area contributed by atoms with Crippen LogP contribution in [0.25, 0.3) is 0 Å². The Balaban J connectivity index is 1.38. The summed E-state index contributed by atoms with van der Waals surface area (Å²) in [6.07, 6.45) is 3.05. The first kappa shape index (κ1) is 29.1. The summed E-state index contributed by atoms with van der Waals surface area (Å²) in [7, 11) is 3.18. The summed E-state index contributed by atoms with van der Waals surface area (Å²) in [6, 6.07) is 12.5. The van der Waals surface area contributed by atoms with Crippen molar-refractivity contribution < 1.29 is 23.9 Å². The number of ether oxygens (including phenoxy) is 2. The van der Waals surface area contributed by atoms with Crippen LogP contribution < -0.4 is 20.1 Å². The molecule has 2 aromatic rings. The number of para-hydroxylation sites is 1. The molecule has 0 saturated heterocycles. The van der Waals surface area contributed by atoms with Crippen molar-refractivity contribution in [2.75, 3.05) is 33.1 Å². The van der Waals surface area contributed by atoms with Crippen LogP contribution in [0.4, 0.5) is 5.69 Å². The predicted octanol–water partition coefficient (Wildman–Crippen LogP) is 3.45. The first-order chi connectivity index (χ1) is 19.4. The highest BCUT2D eigenvalue weighted by Crippen LogP contribution is 2.35. The number of hydrogen-bond donors (Lipinski definition) is 2. The lowest BCUT2D eigenvalue weighted by atomic mass is 10.1. The van der Waals surface area contributed by atoms with Gasteiger partial charge in [-0.3, -0.25) is 19.3 Å². The second kappa shape index (κ2) is 14.0. The van der Waals surface area contributed by atoms with Crippen LogP contribution in [0, 0.1) is 0 Å². The number of amides is 3. The van der Waals surface area contributed by atoms with E-state index < -0.39 is 6.04 Å². The molecular formula is C29H35N5O5S. The van der Waals surface area contributed by atoms with Crippen molar-refractivity contribution in [1.82, 2.24) is 15.5 Å². The number of unbranched alkanes of at least 4 members (excludes halogenated alkanes) is 1. The van der Waals surface area contributed by atoms with Crippen LogP contribution >= 0.6 is 11.8 Å². The number of hydrogen-bond acceptors (Lipinski definition) is 8. The van der Waals surface area contributed by atoms with Crippen molar-refractivity contribution in [1.29, 1.82) is 0 Å². The van der Waals surface area contributed by atoms with E-state index in [0.717, 1.165) is 24.0 Å². The molecule has 0 aromatic heterocycles. The number of methoxy groups -OCH3 is 2. The smallest absolute Gasteiger partial charge is 0.270 e. The van der Waals surface area contributed by atoms with E-state index >= 15 is 0 Å². The topological polar surface area (TPSA) is 122 Å². The standard InChI is InChI=1S/C29H35N5O5S/c1-4-5-15-30-25(35)13-11-22-28(37)33-27-20-8-6-7-9-21(20)32-29(34(22)27)40-18-26(36)31-16-14-19-10-12-23(38-2)24(17-19)39-3/h6-10,12,17,22H,4-5,11,13-16,18H2,1-3H3,(H,30,35)(H,31,36). The van der Waals surface area contributed by atoms with Crippen molar-refractivity contribution in [2.45, 2.75) is 45.1 Å². The molecule has 0 radical (unpaired) electrons. The molecule has 2 aromatic carbocycles. The first-order valence-corrected chi connectivity index (χ1v) is 14.4. The van der Waals surface area contributed by atoms with Crippen LogP contribution in [0.1, 0.15) is 43.7 Å². The van der Waals surface area contributed by atoms with E-state index in [1.54, 1.807) is 19.1 Å². The van der Waals surface area contributed by atoms with Crippen LogP contribution in [-0.4, -0.2) is 72.7 Å². The molecule has 10 nitrogen and oxygen atoms in total. The zero-order valence-electron chi connectivity index (χ0n) is 23.1. The molecule has 1 atom stereocenters. The molecule has 0 spiro atoms. The lowest BCUT2D eigenvalue weighted by Crippen LogP contribution is -2.44. The number of carbonyl (C=O) groups is 3. The maximum Gasteiger partial charge on any atom is 0.270 e. The molecule has 2 aliphatic rings. The Morgan fingerprint density at radius 2 is 1.77 bits per heavy atom. The molecular weight excluding hydrogens is 530 g/mol. The zero-order valence-corrected chi connectivity index (χ0v) is 23.9. The van der Waals surface area contributed by atoms with Gasteiger partial charge in [0.15, 0.2) is 16.7 Å². The number of nitrogens with zero attached hydrogens (tertiary/aromatic N) is 3. The molecule has 3 amide bonds. The van der Waals surface area contributed by atoms with Gasteiger partial charge in [-0.05, 0) is 49.1 Å². The minimum atomic E-state index is -0.639. The van der Waals surface area contributed by atoms with Crippen molar-refractivity contribution in [2.24, 2.45) is 9.98 Å². The van der Waals surface area contributed by atoms with Crippen LogP contribution in [0.3, 0.4) is 0 Å². The van der Waals surface area contributed by atoms with E-state index in [4.69, 9.17) is 14.5 Å². The number of carbonyl (C=O) groups excluding carboxylic acids is 3. The maximum atomic E-state index is 12.9. The number of rotatable bonds is 13. The fourth-order valence-electron chi connectivity index (χ4n) is 4.50. The van der Waals surface area contributed by atoms with Gasteiger partial charge in [-0.1, -0.05) is 43.3 Å². The summed E-state index contributed by atoms with van der Waals surface area (Å²) in [5.74, 6) is 1.39. The highest BCUT2D eigenvalue weighted by molar-refractivity contribution is 8.14. The number of nitrogens with one attached hydrogen (secondary N) is 2.